The van der Waals surface area contributed by atoms with Crippen LogP contribution in [-0.4, -0.2) is 17.6 Å². The van der Waals surface area contributed by atoms with Crippen LogP contribution in [0.4, 0.5) is 0 Å². The summed E-state index contributed by atoms with van der Waals surface area (Å²) in [5, 5.41) is 8.57. The molecule has 142 valence electrons. The van der Waals surface area contributed by atoms with E-state index in [-0.39, 0.29) is 11.1 Å². The molecular formula is C19H41N3W-4. The Labute approximate surface area is 159 Å². The standard InChI is InChI=1S/C10H20N2.C3H7N.2C3H7.W/c1-9(2,3)11-7-8-12-10(4,5)6;1-2-3-4;2*1-3-2;/h7-8H,1-6H3;2-3H2,1H3;2*3H,1-2H3;/q-2;;2*-1;/b8-7-;;;;. The molecule has 3 nitrogen and oxygen atoms in total. The zero-order valence-electron chi connectivity index (χ0n) is 17.5. The van der Waals surface area contributed by atoms with Gasteiger partial charge in [0.15, 0.2) is 0 Å². The fourth-order valence-corrected chi connectivity index (χ4v) is 1.26. The number of rotatable bonds is 4. The summed E-state index contributed by atoms with van der Waals surface area (Å²) in [4.78, 5) is 0. The fraction of sp³-hybridized carbons (Fsp3) is 0.789. The minimum absolute atomic E-state index is 0.00387. The van der Waals surface area contributed by atoms with E-state index in [0.29, 0.717) is 0 Å². The maximum atomic E-state index is 4.29. The van der Waals surface area contributed by atoms with Crippen molar-refractivity contribution < 1.29 is 19.6 Å². The van der Waals surface area contributed by atoms with Crippen LogP contribution >= 0.6 is 0 Å². The molecule has 0 aliphatic heterocycles. The van der Waals surface area contributed by atoms with E-state index in [0.717, 1.165) is 6.54 Å². The van der Waals surface area contributed by atoms with Crippen molar-refractivity contribution in [3.63, 3.8) is 0 Å². The number of hydrogen-bond donors (Lipinski definition) is 0. The van der Waals surface area contributed by atoms with E-state index in [9.17, 15) is 0 Å². The van der Waals surface area contributed by atoms with Gasteiger partial charge in [0.05, 0.1) is 0 Å². The van der Waals surface area contributed by atoms with Crippen LogP contribution < -0.4 is 0 Å². The Kier molecular flexibility index (Phi) is 29.1. The van der Waals surface area contributed by atoms with Gasteiger partial charge in [0.25, 0.3) is 0 Å². The molecule has 0 aliphatic carbocycles. The van der Waals surface area contributed by atoms with Gasteiger partial charge in [-0.1, -0.05) is 41.5 Å². The first-order valence-corrected chi connectivity index (χ1v) is 9.62. The zero-order valence-corrected chi connectivity index (χ0v) is 20.4. The molecule has 0 rings (SSSR count). The maximum Gasteiger partial charge on any atom is -0.192 e. The molecule has 0 aliphatic rings. The van der Waals surface area contributed by atoms with E-state index in [1.165, 1.54) is 26.1 Å². The summed E-state index contributed by atoms with van der Waals surface area (Å²) >= 11 is 1.35. The quantitative estimate of drug-likeness (QED) is 0.365. The first-order chi connectivity index (χ1) is 10.4. The molecule has 0 radical (unpaired) electrons. The summed E-state index contributed by atoms with van der Waals surface area (Å²) in [6, 6.07) is 0. The Bertz CT molecular complexity index is 218. The molecule has 23 heavy (non-hydrogen) atoms. The Morgan fingerprint density at radius 1 is 0.826 bits per heavy atom. The average Bonchev–Trinajstić information content (AvgIpc) is 2.36. The normalized spacial score (nSPS) is 10.2. The predicted octanol–water partition coefficient (Wildman–Crippen LogP) is 7.39. The third kappa shape index (κ3) is 73.2. The van der Waals surface area contributed by atoms with Gasteiger partial charge in [-0.25, -0.2) is 12.4 Å². The van der Waals surface area contributed by atoms with Crippen molar-refractivity contribution >= 4 is 0 Å². The zero-order chi connectivity index (χ0) is 19.4. The Hall–Kier alpha value is -0.172. The van der Waals surface area contributed by atoms with Crippen LogP contribution in [0.2, 0.25) is 0 Å². The van der Waals surface area contributed by atoms with E-state index in [1.807, 2.05) is 40.5 Å². The second kappa shape index (κ2) is 21.8. The topological polar surface area (TPSA) is 40.6 Å². The van der Waals surface area contributed by atoms with Crippen molar-refractivity contribution in [1.29, 1.82) is 0 Å². The number of hydrogen-bond acceptors (Lipinski definition) is 1. The summed E-state index contributed by atoms with van der Waals surface area (Å²) in [5.41, 5.74) is 0.00775. The van der Waals surface area contributed by atoms with Gasteiger partial charge < -0.3 is 23.5 Å². The van der Waals surface area contributed by atoms with Crippen molar-refractivity contribution in [2.24, 2.45) is 3.50 Å². The molecule has 0 spiro atoms. The van der Waals surface area contributed by atoms with E-state index >= 15 is 0 Å². The Balaban J connectivity index is -0.000000135. The first-order valence-electron chi connectivity index (χ1n) is 8.31. The summed E-state index contributed by atoms with van der Waals surface area (Å²) in [5.74, 6) is 0. The molecular weight excluding hydrogens is 454 g/mol. The molecule has 0 aromatic carbocycles. The predicted molar refractivity (Wildman–Crippen MR) is 104 cm³/mol. The minimum atomic E-state index is 0.00387. The van der Waals surface area contributed by atoms with Gasteiger partial charge in [0, 0.05) is 0 Å². The molecule has 0 atom stereocenters. The van der Waals surface area contributed by atoms with Crippen molar-refractivity contribution in [3.05, 3.63) is 35.9 Å². The fourth-order valence-electron chi connectivity index (χ4n) is 0.605. The van der Waals surface area contributed by atoms with E-state index in [4.69, 9.17) is 0 Å². The number of nitrogens with zero attached hydrogens (tertiary/aromatic N) is 3. The molecule has 0 aromatic heterocycles. The smallest absolute Gasteiger partial charge is 0.192 e. The molecule has 0 N–H and O–H groups in total. The Morgan fingerprint density at radius 3 is 1.17 bits per heavy atom. The van der Waals surface area contributed by atoms with Gasteiger partial charge in [-0.05, 0) is 0 Å². The van der Waals surface area contributed by atoms with Crippen molar-refractivity contribution in [2.45, 2.75) is 93.7 Å². The SMILES string of the molecule is CC(C)(C)[N-]/C=C\[N-]C(C)(C)C.CCC[N]=[W].C[CH-]C.C[CH-]C. The van der Waals surface area contributed by atoms with Gasteiger partial charge in [-0.3, -0.25) is 0 Å². The molecule has 0 aromatic rings. The van der Waals surface area contributed by atoms with Gasteiger partial charge >= 0.3 is 43.0 Å². The molecule has 4 heteroatoms. The van der Waals surface area contributed by atoms with E-state index < -0.39 is 0 Å². The van der Waals surface area contributed by atoms with Crippen LogP contribution in [0.3, 0.4) is 0 Å². The largest absolute Gasteiger partial charge is 0.335 e. The van der Waals surface area contributed by atoms with Gasteiger partial charge in [0.2, 0.25) is 0 Å². The van der Waals surface area contributed by atoms with Crippen molar-refractivity contribution in [3.8, 4) is 0 Å². The molecule has 0 saturated carbocycles. The molecule has 0 heterocycles. The summed E-state index contributed by atoms with van der Waals surface area (Å²) in [6.07, 6.45) is 8.74. The van der Waals surface area contributed by atoms with Crippen LogP contribution in [0.5, 0.6) is 0 Å². The van der Waals surface area contributed by atoms with E-state index in [2.05, 4.69) is 62.6 Å². The summed E-state index contributed by atoms with van der Waals surface area (Å²) < 4.78 is 3.94. The molecule has 0 fully saturated rings. The second-order valence-electron chi connectivity index (χ2n) is 6.91. The molecule has 0 unspecified atom stereocenters. The average molecular weight is 495 g/mol. The van der Waals surface area contributed by atoms with E-state index in [1.54, 1.807) is 12.4 Å². The minimum Gasteiger partial charge on any atom is -0.335 e. The summed E-state index contributed by atoms with van der Waals surface area (Å²) in [6.45, 7) is 23.6. The van der Waals surface area contributed by atoms with Crippen LogP contribution in [0.1, 0.15) is 82.6 Å². The third-order valence-corrected chi connectivity index (χ3v) is 1.96. The molecule has 0 bridgehead atoms. The monoisotopic (exact) mass is 495 g/mol. The van der Waals surface area contributed by atoms with Crippen LogP contribution in [0.25, 0.3) is 10.6 Å². The Morgan fingerprint density at radius 2 is 1.09 bits per heavy atom. The van der Waals surface area contributed by atoms with Crippen molar-refractivity contribution in [2.75, 3.05) is 6.54 Å². The summed E-state index contributed by atoms with van der Waals surface area (Å²) in [7, 11) is 0. The van der Waals surface area contributed by atoms with Gasteiger partial charge in [-0.2, -0.15) is 27.7 Å². The first kappa shape index (κ1) is 30.7. The second-order valence-corrected chi connectivity index (χ2v) is 7.83. The van der Waals surface area contributed by atoms with Crippen LogP contribution in [0.15, 0.2) is 15.9 Å². The maximum absolute atomic E-state index is 4.29. The van der Waals surface area contributed by atoms with Crippen LogP contribution in [0, 0.1) is 12.8 Å². The molecule has 0 saturated heterocycles. The van der Waals surface area contributed by atoms with Crippen LogP contribution in [-0.2, 0) is 19.6 Å². The van der Waals surface area contributed by atoms with Gasteiger partial charge in [0.1, 0.15) is 0 Å². The van der Waals surface area contributed by atoms with Crippen molar-refractivity contribution in [1.82, 2.24) is 0 Å². The third-order valence-electron chi connectivity index (χ3n) is 1.31. The molecule has 0 amide bonds. The van der Waals surface area contributed by atoms with Gasteiger partial charge in [-0.15, -0.1) is 11.1 Å².